The maximum atomic E-state index is 12.7. The molecule has 2 heterocycles. The Morgan fingerprint density at radius 1 is 1.00 bits per heavy atom. The molecule has 1 fully saturated rings. The normalized spacial score (nSPS) is 19.4. The lowest BCUT2D eigenvalue weighted by molar-refractivity contribution is -0.125. The lowest BCUT2D eigenvalue weighted by Crippen LogP contribution is -2.41. The number of rotatable bonds is 3. The number of nitrogens with zero attached hydrogens (tertiary/aromatic N) is 1. The fourth-order valence-electron chi connectivity index (χ4n) is 3.02. The first kappa shape index (κ1) is 15.8. The lowest BCUT2D eigenvalue weighted by Gasteiger charge is -2.31. The first-order valence-electron chi connectivity index (χ1n) is 8.42. The number of ether oxygens (including phenoxy) is 3. The Bertz CT molecular complexity index is 759. The van der Waals surface area contributed by atoms with Gasteiger partial charge in [0, 0.05) is 13.1 Å². The van der Waals surface area contributed by atoms with E-state index in [1.807, 2.05) is 42.5 Å². The van der Waals surface area contributed by atoms with Crippen LogP contribution in [0.2, 0.25) is 0 Å². The molecule has 0 bridgehead atoms. The fourth-order valence-corrected chi connectivity index (χ4v) is 3.02. The predicted octanol–water partition coefficient (Wildman–Crippen LogP) is 2.30. The summed E-state index contributed by atoms with van der Waals surface area (Å²) in [6, 6.07) is 15.2. The third-order valence-corrected chi connectivity index (χ3v) is 4.31. The van der Waals surface area contributed by atoms with Crippen LogP contribution in [0.25, 0.3) is 0 Å². The van der Waals surface area contributed by atoms with Gasteiger partial charge in [0.05, 0.1) is 24.6 Å². The van der Waals surface area contributed by atoms with Gasteiger partial charge < -0.3 is 24.4 Å². The van der Waals surface area contributed by atoms with E-state index >= 15 is 0 Å². The van der Waals surface area contributed by atoms with Crippen LogP contribution in [0.1, 0.15) is 0 Å². The topological polar surface area (TPSA) is 60.0 Å². The number of benzene rings is 2. The van der Waals surface area contributed by atoms with E-state index in [4.69, 9.17) is 14.2 Å². The quantitative estimate of drug-likeness (QED) is 0.929. The van der Waals surface area contributed by atoms with Crippen molar-refractivity contribution in [1.82, 2.24) is 0 Å². The highest BCUT2D eigenvalue weighted by Gasteiger charge is 2.28. The Morgan fingerprint density at radius 2 is 1.72 bits per heavy atom. The second kappa shape index (κ2) is 7.03. The van der Waals surface area contributed by atoms with E-state index in [0.29, 0.717) is 24.7 Å². The van der Waals surface area contributed by atoms with E-state index in [0.717, 1.165) is 24.5 Å². The van der Waals surface area contributed by atoms with Crippen LogP contribution in [0.15, 0.2) is 48.5 Å². The van der Waals surface area contributed by atoms with Crippen LogP contribution < -0.4 is 19.7 Å². The Labute approximate surface area is 146 Å². The molecule has 1 amide bonds. The highest BCUT2D eigenvalue weighted by Crippen LogP contribution is 2.32. The van der Waals surface area contributed by atoms with Crippen LogP contribution in [0.4, 0.5) is 11.4 Å². The summed E-state index contributed by atoms with van der Waals surface area (Å²) in [5, 5.41) is 2.98. The predicted molar refractivity (Wildman–Crippen MR) is 94.5 cm³/mol. The molecule has 1 N–H and O–H groups in total. The SMILES string of the molecule is O=C(Nc1ccccc1N1CCOCC1)[C@@H]1COc2ccccc2O1. The molecule has 6 heteroatoms. The Morgan fingerprint density at radius 3 is 2.56 bits per heavy atom. The second-order valence-corrected chi connectivity index (χ2v) is 5.97. The zero-order valence-electron chi connectivity index (χ0n) is 13.8. The summed E-state index contributed by atoms with van der Waals surface area (Å²) < 4.78 is 16.8. The van der Waals surface area contributed by atoms with Crippen molar-refractivity contribution in [3.05, 3.63) is 48.5 Å². The Balaban J connectivity index is 1.48. The summed E-state index contributed by atoms with van der Waals surface area (Å²) in [6.07, 6.45) is -0.673. The summed E-state index contributed by atoms with van der Waals surface area (Å²) in [5.41, 5.74) is 1.77. The monoisotopic (exact) mass is 340 g/mol. The molecule has 25 heavy (non-hydrogen) atoms. The van der Waals surface area contributed by atoms with Crippen LogP contribution >= 0.6 is 0 Å². The number of fused-ring (bicyclic) bond motifs is 1. The van der Waals surface area contributed by atoms with Crippen LogP contribution in [0.3, 0.4) is 0 Å². The third kappa shape index (κ3) is 3.39. The molecule has 2 aliphatic rings. The number of carbonyl (C=O) groups is 1. The molecule has 0 radical (unpaired) electrons. The molecule has 1 atom stereocenters. The number of hydrogen-bond acceptors (Lipinski definition) is 5. The van der Waals surface area contributed by atoms with Gasteiger partial charge in [-0.15, -0.1) is 0 Å². The van der Waals surface area contributed by atoms with Gasteiger partial charge in [-0.2, -0.15) is 0 Å². The van der Waals surface area contributed by atoms with Gasteiger partial charge in [-0.1, -0.05) is 24.3 Å². The third-order valence-electron chi connectivity index (χ3n) is 4.31. The molecule has 0 spiro atoms. The minimum Gasteiger partial charge on any atom is -0.485 e. The first-order chi connectivity index (χ1) is 12.3. The van der Waals surface area contributed by atoms with Crippen LogP contribution in [-0.2, 0) is 9.53 Å². The summed E-state index contributed by atoms with van der Waals surface area (Å²) in [6.45, 7) is 3.20. The average molecular weight is 340 g/mol. The molecule has 2 aromatic carbocycles. The minimum absolute atomic E-state index is 0.197. The standard InChI is InChI=1S/C19H20N2O4/c22-19(18-13-24-16-7-3-4-8-17(16)25-18)20-14-5-1-2-6-15(14)21-9-11-23-12-10-21/h1-8,18H,9-13H2,(H,20,22)/t18-/m0/s1. The number of anilines is 2. The van der Waals surface area contributed by atoms with Gasteiger partial charge in [0.25, 0.3) is 5.91 Å². The molecule has 6 nitrogen and oxygen atoms in total. The van der Waals surface area contributed by atoms with E-state index in [9.17, 15) is 4.79 Å². The van der Waals surface area contributed by atoms with E-state index < -0.39 is 6.10 Å². The molecule has 0 aromatic heterocycles. The fraction of sp³-hybridized carbons (Fsp3) is 0.316. The molecule has 4 rings (SSSR count). The van der Waals surface area contributed by atoms with E-state index in [2.05, 4.69) is 10.2 Å². The largest absolute Gasteiger partial charge is 0.485 e. The van der Waals surface area contributed by atoms with Crippen molar-refractivity contribution < 1.29 is 19.0 Å². The number of carbonyl (C=O) groups excluding carboxylic acids is 1. The second-order valence-electron chi connectivity index (χ2n) is 5.97. The molecule has 0 saturated carbocycles. The van der Waals surface area contributed by atoms with Crippen molar-refractivity contribution in [3.63, 3.8) is 0 Å². The van der Waals surface area contributed by atoms with Gasteiger partial charge in [0.15, 0.2) is 11.5 Å². The Kier molecular flexibility index (Phi) is 4.43. The summed E-state index contributed by atoms with van der Waals surface area (Å²) in [4.78, 5) is 14.9. The van der Waals surface area contributed by atoms with Crippen LogP contribution in [-0.4, -0.2) is 44.9 Å². The van der Waals surface area contributed by atoms with E-state index in [1.54, 1.807) is 6.07 Å². The average Bonchev–Trinajstić information content (AvgIpc) is 2.68. The molecular weight excluding hydrogens is 320 g/mol. The van der Waals surface area contributed by atoms with Crippen molar-refractivity contribution in [1.29, 1.82) is 0 Å². The van der Waals surface area contributed by atoms with Crippen molar-refractivity contribution in [3.8, 4) is 11.5 Å². The highest BCUT2D eigenvalue weighted by molar-refractivity contribution is 5.97. The lowest BCUT2D eigenvalue weighted by atomic mass is 10.2. The summed E-state index contributed by atoms with van der Waals surface area (Å²) in [5.74, 6) is 1.05. The molecule has 0 aliphatic carbocycles. The number of morpholine rings is 1. The van der Waals surface area contributed by atoms with Gasteiger partial charge in [-0.25, -0.2) is 0 Å². The van der Waals surface area contributed by atoms with Gasteiger partial charge in [-0.3, -0.25) is 4.79 Å². The van der Waals surface area contributed by atoms with Crippen molar-refractivity contribution >= 4 is 17.3 Å². The molecule has 2 aromatic rings. The van der Waals surface area contributed by atoms with E-state index in [1.165, 1.54) is 0 Å². The maximum Gasteiger partial charge on any atom is 0.269 e. The molecular formula is C19H20N2O4. The minimum atomic E-state index is -0.673. The van der Waals surface area contributed by atoms with Gasteiger partial charge >= 0.3 is 0 Å². The molecule has 0 unspecified atom stereocenters. The molecule has 1 saturated heterocycles. The van der Waals surface area contributed by atoms with Crippen LogP contribution in [0, 0.1) is 0 Å². The number of para-hydroxylation sites is 4. The number of hydrogen-bond donors (Lipinski definition) is 1. The maximum absolute atomic E-state index is 12.7. The van der Waals surface area contributed by atoms with E-state index in [-0.39, 0.29) is 12.5 Å². The summed E-state index contributed by atoms with van der Waals surface area (Å²) in [7, 11) is 0. The first-order valence-corrected chi connectivity index (χ1v) is 8.42. The van der Waals surface area contributed by atoms with Crippen molar-refractivity contribution in [2.45, 2.75) is 6.10 Å². The smallest absolute Gasteiger partial charge is 0.269 e. The molecule has 130 valence electrons. The highest BCUT2D eigenvalue weighted by atomic mass is 16.6. The van der Waals surface area contributed by atoms with Gasteiger partial charge in [-0.05, 0) is 24.3 Å². The van der Waals surface area contributed by atoms with Gasteiger partial charge in [0.2, 0.25) is 6.10 Å². The zero-order chi connectivity index (χ0) is 17.1. The Hall–Kier alpha value is -2.73. The van der Waals surface area contributed by atoms with Crippen molar-refractivity contribution in [2.24, 2.45) is 0 Å². The molecule has 2 aliphatic heterocycles. The zero-order valence-corrected chi connectivity index (χ0v) is 13.8. The summed E-state index contributed by atoms with van der Waals surface area (Å²) >= 11 is 0. The van der Waals surface area contributed by atoms with Crippen molar-refractivity contribution in [2.75, 3.05) is 43.1 Å². The van der Waals surface area contributed by atoms with Crippen LogP contribution in [0.5, 0.6) is 11.5 Å². The van der Waals surface area contributed by atoms with Gasteiger partial charge in [0.1, 0.15) is 6.61 Å². The number of amides is 1. The number of nitrogens with one attached hydrogen (secondary N) is 1.